The summed E-state index contributed by atoms with van der Waals surface area (Å²) in [7, 11) is 0. The van der Waals surface area contributed by atoms with Gasteiger partial charge in [0.2, 0.25) is 11.8 Å². The number of hydrogen-bond donors (Lipinski definition) is 2. The number of likely N-dealkylation sites (tertiary alicyclic amines) is 1. The minimum Gasteiger partial charge on any atom is -0.394 e. The van der Waals surface area contributed by atoms with E-state index >= 15 is 0 Å². The molecule has 1 atom stereocenters. The maximum Gasteiger partial charge on any atom is 0.242 e. The van der Waals surface area contributed by atoms with E-state index in [1.165, 1.54) is 0 Å². The van der Waals surface area contributed by atoms with E-state index in [4.69, 9.17) is 9.84 Å². The van der Waals surface area contributed by atoms with Crippen LogP contribution in [0.1, 0.15) is 32.1 Å². The predicted molar refractivity (Wildman–Crippen MR) is 73.0 cm³/mol. The van der Waals surface area contributed by atoms with Crippen molar-refractivity contribution in [2.75, 3.05) is 32.9 Å². The molecule has 6 nitrogen and oxygen atoms in total. The molecule has 114 valence electrons. The molecule has 1 aliphatic carbocycles. The standard InChI is InChI=1S/C14H24N2O4/c17-8-10-20-9-2-6-15-13(18)12-3-1-7-16(12)14(19)11-4-5-11/h11-12,17H,1-10H2,(H,15,18). The summed E-state index contributed by atoms with van der Waals surface area (Å²) in [6, 6.07) is -0.276. The maximum absolute atomic E-state index is 12.1. The SMILES string of the molecule is O=C(NCCCOCCO)C1CCCN1C(=O)C1CC1. The van der Waals surface area contributed by atoms with Crippen molar-refractivity contribution in [3.8, 4) is 0 Å². The molecule has 2 amide bonds. The molecule has 2 rings (SSSR count). The third-order valence-corrected chi connectivity index (χ3v) is 3.77. The Balaban J connectivity index is 1.67. The topological polar surface area (TPSA) is 78.9 Å². The Kier molecular flexibility index (Phi) is 5.79. The van der Waals surface area contributed by atoms with Crippen molar-refractivity contribution in [3.05, 3.63) is 0 Å². The summed E-state index contributed by atoms with van der Waals surface area (Å²) in [5, 5.41) is 11.4. The van der Waals surface area contributed by atoms with Gasteiger partial charge in [0.15, 0.2) is 0 Å². The monoisotopic (exact) mass is 284 g/mol. The molecule has 2 aliphatic rings. The Bertz CT molecular complexity index is 344. The molecule has 0 aromatic rings. The van der Waals surface area contributed by atoms with Gasteiger partial charge in [0.25, 0.3) is 0 Å². The Labute approximate surface area is 119 Å². The van der Waals surface area contributed by atoms with E-state index in [1.54, 1.807) is 4.90 Å². The summed E-state index contributed by atoms with van der Waals surface area (Å²) in [6.45, 7) is 2.14. The molecule has 6 heteroatoms. The first kappa shape index (κ1) is 15.3. The number of nitrogens with one attached hydrogen (secondary N) is 1. The fraction of sp³-hybridized carbons (Fsp3) is 0.857. The van der Waals surface area contributed by atoms with Gasteiger partial charge in [0.05, 0.1) is 13.2 Å². The molecule has 1 saturated carbocycles. The van der Waals surface area contributed by atoms with Crippen LogP contribution in [0.4, 0.5) is 0 Å². The molecule has 0 bridgehead atoms. The highest BCUT2D eigenvalue weighted by molar-refractivity contribution is 5.89. The lowest BCUT2D eigenvalue weighted by Gasteiger charge is -2.24. The lowest BCUT2D eigenvalue weighted by atomic mass is 10.2. The van der Waals surface area contributed by atoms with Gasteiger partial charge in [-0.2, -0.15) is 0 Å². The molecule has 2 N–H and O–H groups in total. The third-order valence-electron chi connectivity index (χ3n) is 3.77. The van der Waals surface area contributed by atoms with Gasteiger partial charge < -0.3 is 20.1 Å². The summed E-state index contributed by atoms with van der Waals surface area (Å²) in [5.41, 5.74) is 0. The summed E-state index contributed by atoms with van der Waals surface area (Å²) in [5.74, 6) is 0.294. The highest BCUT2D eigenvalue weighted by Gasteiger charge is 2.40. The first-order chi connectivity index (χ1) is 9.74. The predicted octanol–water partition coefficient (Wildman–Crippen LogP) is -0.0974. The molecular formula is C14H24N2O4. The molecule has 0 aromatic heterocycles. The molecule has 1 saturated heterocycles. The average Bonchev–Trinajstić information content (AvgIpc) is 3.18. The van der Waals surface area contributed by atoms with Crippen molar-refractivity contribution in [1.29, 1.82) is 0 Å². The number of nitrogens with zero attached hydrogens (tertiary/aromatic N) is 1. The molecule has 0 aromatic carbocycles. The van der Waals surface area contributed by atoms with Gasteiger partial charge in [-0.25, -0.2) is 0 Å². The molecule has 0 spiro atoms. The Morgan fingerprint density at radius 1 is 1.25 bits per heavy atom. The third kappa shape index (κ3) is 4.18. The minimum atomic E-state index is -0.276. The number of amides is 2. The van der Waals surface area contributed by atoms with E-state index in [1.807, 2.05) is 0 Å². The van der Waals surface area contributed by atoms with Gasteiger partial charge in [0.1, 0.15) is 6.04 Å². The quantitative estimate of drug-likeness (QED) is 0.610. The first-order valence-electron chi connectivity index (χ1n) is 7.51. The van der Waals surface area contributed by atoms with Gasteiger partial charge in [-0.3, -0.25) is 9.59 Å². The second-order valence-corrected chi connectivity index (χ2v) is 5.44. The molecular weight excluding hydrogens is 260 g/mol. The molecule has 2 fully saturated rings. The van der Waals surface area contributed by atoms with Crippen molar-refractivity contribution in [3.63, 3.8) is 0 Å². The van der Waals surface area contributed by atoms with Gasteiger partial charge in [-0.1, -0.05) is 0 Å². The second-order valence-electron chi connectivity index (χ2n) is 5.44. The highest BCUT2D eigenvalue weighted by Crippen LogP contribution is 2.33. The van der Waals surface area contributed by atoms with E-state index < -0.39 is 0 Å². The zero-order chi connectivity index (χ0) is 14.4. The van der Waals surface area contributed by atoms with Crippen molar-refractivity contribution in [2.24, 2.45) is 5.92 Å². The van der Waals surface area contributed by atoms with Gasteiger partial charge in [0, 0.05) is 25.6 Å². The van der Waals surface area contributed by atoms with Crippen LogP contribution in [-0.4, -0.2) is 60.8 Å². The number of ether oxygens (including phenoxy) is 1. The van der Waals surface area contributed by atoms with Crippen molar-refractivity contribution in [1.82, 2.24) is 10.2 Å². The van der Waals surface area contributed by atoms with Crippen LogP contribution in [0.2, 0.25) is 0 Å². The number of hydrogen-bond acceptors (Lipinski definition) is 4. The normalized spacial score (nSPS) is 22.1. The van der Waals surface area contributed by atoms with Crippen molar-refractivity contribution >= 4 is 11.8 Å². The van der Waals surface area contributed by atoms with E-state index in [2.05, 4.69) is 5.32 Å². The lowest BCUT2D eigenvalue weighted by Crippen LogP contribution is -2.46. The van der Waals surface area contributed by atoms with Crippen LogP contribution in [-0.2, 0) is 14.3 Å². The van der Waals surface area contributed by atoms with Crippen LogP contribution in [0.3, 0.4) is 0 Å². The van der Waals surface area contributed by atoms with Crippen LogP contribution in [0.15, 0.2) is 0 Å². The van der Waals surface area contributed by atoms with Crippen LogP contribution >= 0.6 is 0 Å². The summed E-state index contributed by atoms with van der Waals surface area (Å²) in [4.78, 5) is 25.9. The number of rotatable bonds is 8. The fourth-order valence-electron chi connectivity index (χ4n) is 2.54. The molecule has 0 radical (unpaired) electrons. The highest BCUT2D eigenvalue weighted by atomic mass is 16.5. The minimum absolute atomic E-state index is 0.0205. The van der Waals surface area contributed by atoms with E-state index in [-0.39, 0.29) is 30.4 Å². The average molecular weight is 284 g/mol. The Morgan fingerprint density at radius 3 is 2.75 bits per heavy atom. The fourth-order valence-corrected chi connectivity index (χ4v) is 2.54. The van der Waals surface area contributed by atoms with E-state index in [0.29, 0.717) is 26.3 Å². The van der Waals surface area contributed by atoms with Crippen LogP contribution in [0, 0.1) is 5.92 Å². The summed E-state index contributed by atoms with van der Waals surface area (Å²) < 4.78 is 5.12. The Hall–Kier alpha value is -1.14. The maximum atomic E-state index is 12.1. The lowest BCUT2D eigenvalue weighted by molar-refractivity contribution is -0.139. The smallest absolute Gasteiger partial charge is 0.242 e. The number of carbonyl (C=O) groups excluding carboxylic acids is 2. The molecule has 1 unspecified atom stereocenters. The number of aliphatic hydroxyl groups is 1. The van der Waals surface area contributed by atoms with E-state index in [9.17, 15) is 9.59 Å². The first-order valence-corrected chi connectivity index (χ1v) is 7.51. The van der Waals surface area contributed by atoms with Crippen molar-refractivity contribution in [2.45, 2.75) is 38.1 Å². The van der Waals surface area contributed by atoms with Gasteiger partial charge in [-0.15, -0.1) is 0 Å². The zero-order valence-corrected chi connectivity index (χ0v) is 11.8. The molecule has 1 heterocycles. The molecule has 1 aliphatic heterocycles. The summed E-state index contributed by atoms with van der Waals surface area (Å²) >= 11 is 0. The van der Waals surface area contributed by atoms with Crippen LogP contribution < -0.4 is 5.32 Å². The van der Waals surface area contributed by atoms with Crippen LogP contribution in [0.25, 0.3) is 0 Å². The van der Waals surface area contributed by atoms with Crippen molar-refractivity contribution < 1.29 is 19.4 Å². The van der Waals surface area contributed by atoms with Gasteiger partial charge in [-0.05, 0) is 32.1 Å². The summed E-state index contributed by atoms with van der Waals surface area (Å²) in [6.07, 6.45) is 4.36. The zero-order valence-electron chi connectivity index (χ0n) is 11.8. The second kappa shape index (κ2) is 7.59. The van der Waals surface area contributed by atoms with Gasteiger partial charge >= 0.3 is 0 Å². The number of carbonyl (C=O) groups is 2. The van der Waals surface area contributed by atoms with Crippen LogP contribution in [0.5, 0.6) is 0 Å². The largest absolute Gasteiger partial charge is 0.394 e. The number of aliphatic hydroxyl groups excluding tert-OH is 1. The molecule has 20 heavy (non-hydrogen) atoms. The Morgan fingerprint density at radius 2 is 2.05 bits per heavy atom. The van der Waals surface area contributed by atoms with E-state index in [0.717, 1.165) is 32.1 Å².